The first-order valence-corrected chi connectivity index (χ1v) is 5.93. The van der Waals surface area contributed by atoms with Crippen molar-refractivity contribution < 1.29 is 9.76 Å². The van der Waals surface area contributed by atoms with Crippen LogP contribution in [0.4, 0.5) is 0 Å². The van der Waals surface area contributed by atoms with Gasteiger partial charge in [-0.15, -0.1) is 0 Å². The first-order valence-electron chi connectivity index (χ1n) is 5.93. The summed E-state index contributed by atoms with van der Waals surface area (Å²) in [7, 11) is 1.81. The maximum Gasteiger partial charge on any atom is 0.326 e. The lowest BCUT2D eigenvalue weighted by Crippen LogP contribution is -2.48. The molecule has 0 heterocycles. The van der Waals surface area contributed by atoms with Crippen LogP contribution in [0.25, 0.3) is 0 Å². The summed E-state index contributed by atoms with van der Waals surface area (Å²) in [6.07, 6.45) is 5.08. The molecular weight excluding hydrogens is 201 g/mol. The molecule has 0 aromatic rings. The van der Waals surface area contributed by atoms with E-state index < -0.39 is 11.2 Å². The Labute approximate surface area is 99.3 Å². The van der Waals surface area contributed by atoms with Crippen molar-refractivity contribution in [1.82, 2.24) is 0 Å². The van der Waals surface area contributed by atoms with Crippen molar-refractivity contribution in [2.45, 2.75) is 64.2 Å². The molecule has 1 rings (SSSR count). The van der Waals surface area contributed by atoms with Crippen LogP contribution in [0.2, 0.25) is 0 Å². The van der Waals surface area contributed by atoms with Crippen molar-refractivity contribution >= 4 is 7.48 Å². The summed E-state index contributed by atoms with van der Waals surface area (Å²) in [5.74, 6) is 0. The molecule has 1 unspecified atom stereocenters. The molecule has 0 saturated carbocycles. The smallest absolute Gasteiger partial charge is 0.326 e. The summed E-state index contributed by atoms with van der Waals surface area (Å²) in [5, 5.41) is 8.00. The molecule has 1 aliphatic carbocycles. The number of hydrogen-bond acceptors (Lipinski definition) is 2. The van der Waals surface area contributed by atoms with Gasteiger partial charge in [0, 0.05) is 19.9 Å². The van der Waals surface area contributed by atoms with Crippen molar-refractivity contribution in [2.24, 2.45) is 5.73 Å². The van der Waals surface area contributed by atoms with Crippen LogP contribution in [0.1, 0.15) is 47.0 Å². The Balaban J connectivity index is 2.46. The minimum Gasteiger partial charge on any atom is -0.439 e. The second-order valence-corrected chi connectivity index (χ2v) is 5.68. The third kappa shape index (κ3) is 3.61. The fraction of sp³-hybridized carbons (Fsp3) is 0.833. The molecule has 91 valence electrons. The molecule has 0 aliphatic heterocycles. The van der Waals surface area contributed by atoms with Gasteiger partial charge in [0.2, 0.25) is 0 Å². The minimum atomic E-state index is -0.616. The molecule has 16 heavy (non-hydrogen) atoms. The number of nitrogens with two attached hydrogens (primary N) is 1. The van der Waals surface area contributed by atoms with Gasteiger partial charge in [0.25, 0.3) is 0 Å². The van der Waals surface area contributed by atoms with Gasteiger partial charge < -0.3 is 15.5 Å². The number of hydrogen-bond donors (Lipinski definition) is 1. The van der Waals surface area contributed by atoms with Crippen molar-refractivity contribution in [2.75, 3.05) is 0 Å². The Hall–Kier alpha value is -0.315. The lowest BCUT2D eigenvalue weighted by molar-refractivity contribution is -0.0897. The molecule has 0 fully saturated rings. The number of allylic oxidation sites excluding steroid dienone is 1. The molecule has 0 bridgehead atoms. The quantitative estimate of drug-likeness (QED) is 0.579. The van der Waals surface area contributed by atoms with Crippen LogP contribution in [0, 0.1) is 0 Å². The summed E-state index contributed by atoms with van der Waals surface area (Å²) in [6, 6.07) is 0.303. The predicted octanol–water partition coefficient (Wildman–Crippen LogP) is 1.30. The van der Waals surface area contributed by atoms with Gasteiger partial charge >= 0.3 is 7.48 Å². The highest BCUT2D eigenvalue weighted by Crippen LogP contribution is 2.26. The van der Waals surface area contributed by atoms with E-state index in [0.717, 1.165) is 19.3 Å². The standard InChI is InChI=1S/C12H23BNO2/c1-11(2,15)12(3,4)16-13-9-5-7-10(14)8-6-9/h5,10,15H,6-8,14H2,1-4H3/p+1. The van der Waals surface area contributed by atoms with Crippen molar-refractivity contribution in [3.8, 4) is 0 Å². The monoisotopic (exact) mass is 225 g/mol. The van der Waals surface area contributed by atoms with Gasteiger partial charge in [0.05, 0.1) is 0 Å². The normalized spacial score (nSPS) is 22.9. The summed E-state index contributed by atoms with van der Waals surface area (Å²) in [5.41, 5.74) is 5.93. The van der Waals surface area contributed by atoms with Crippen LogP contribution in [0.5, 0.6) is 0 Å². The van der Waals surface area contributed by atoms with Gasteiger partial charge in [0.15, 0.2) is 5.60 Å². The predicted molar refractivity (Wildman–Crippen MR) is 68.5 cm³/mol. The van der Waals surface area contributed by atoms with Crippen LogP contribution >= 0.6 is 0 Å². The van der Waals surface area contributed by atoms with Crippen molar-refractivity contribution in [3.63, 3.8) is 0 Å². The molecule has 4 N–H and O–H groups in total. The molecule has 1 radical (unpaired) electrons. The van der Waals surface area contributed by atoms with Crippen molar-refractivity contribution in [3.05, 3.63) is 11.5 Å². The third-order valence-electron chi connectivity index (χ3n) is 3.50. The van der Waals surface area contributed by atoms with Crippen LogP contribution in [0.3, 0.4) is 0 Å². The van der Waals surface area contributed by atoms with Crippen molar-refractivity contribution in [1.29, 1.82) is 0 Å². The van der Waals surface area contributed by atoms with Gasteiger partial charge in [-0.25, -0.2) is 0 Å². The van der Waals surface area contributed by atoms with Gasteiger partial charge in [-0.3, -0.25) is 0 Å². The van der Waals surface area contributed by atoms with E-state index >= 15 is 0 Å². The highest BCUT2D eigenvalue weighted by molar-refractivity contribution is 6.38. The van der Waals surface area contributed by atoms with Gasteiger partial charge in [-0.2, -0.15) is 0 Å². The van der Waals surface area contributed by atoms with E-state index in [1.54, 1.807) is 0 Å². The third-order valence-corrected chi connectivity index (χ3v) is 3.50. The average molecular weight is 225 g/mol. The Kier molecular flexibility index (Phi) is 4.21. The van der Waals surface area contributed by atoms with Crippen LogP contribution in [-0.4, -0.2) is 29.8 Å². The molecule has 0 spiro atoms. The Morgan fingerprint density at radius 1 is 1.44 bits per heavy atom. The van der Waals surface area contributed by atoms with E-state index in [2.05, 4.69) is 6.08 Å². The Morgan fingerprint density at radius 2 is 2.06 bits per heavy atom. The maximum atomic E-state index is 8.00. The van der Waals surface area contributed by atoms with Gasteiger partial charge in [-0.1, -0.05) is 11.5 Å². The largest absolute Gasteiger partial charge is 0.439 e. The zero-order valence-electron chi connectivity index (χ0n) is 10.8. The van der Waals surface area contributed by atoms with E-state index in [0.29, 0.717) is 6.04 Å². The Morgan fingerprint density at radius 3 is 2.50 bits per heavy atom. The molecule has 1 aliphatic rings. The summed E-state index contributed by atoms with van der Waals surface area (Å²) >= 11 is 0. The second-order valence-electron chi connectivity index (χ2n) is 5.68. The SMILES string of the molecule is CC(C)([OH2+])C(C)(C)O[B]C1=CCC(N)CC1. The average Bonchev–Trinajstić information content (AvgIpc) is 2.15. The highest BCUT2D eigenvalue weighted by Gasteiger charge is 2.40. The number of rotatable bonds is 4. The summed E-state index contributed by atoms with van der Waals surface area (Å²) in [4.78, 5) is 0. The lowest BCUT2D eigenvalue weighted by Gasteiger charge is -2.34. The molecule has 4 heteroatoms. The van der Waals surface area contributed by atoms with Gasteiger partial charge in [0.1, 0.15) is 5.60 Å². The van der Waals surface area contributed by atoms with E-state index in [-0.39, 0.29) is 0 Å². The van der Waals surface area contributed by atoms with E-state index in [9.17, 15) is 0 Å². The highest BCUT2D eigenvalue weighted by atomic mass is 16.5. The molecule has 1 atom stereocenters. The second kappa shape index (κ2) is 4.90. The Bertz CT molecular complexity index is 269. The molecule has 0 amide bonds. The summed E-state index contributed by atoms with van der Waals surface area (Å²) in [6.45, 7) is 7.63. The van der Waals surface area contributed by atoms with Crippen LogP contribution in [0.15, 0.2) is 11.5 Å². The van der Waals surface area contributed by atoms with Gasteiger partial charge in [-0.05, 0) is 33.1 Å². The zero-order chi connectivity index (χ0) is 12.4. The first kappa shape index (κ1) is 13.7. The van der Waals surface area contributed by atoms with Crippen LogP contribution in [-0.2, 0) is 4.65 Å². The first-order chi connectivity index (χ1) is 7.22. The molecular formula is C12H24BNO2+. The van der Waals surface area contributed by atoms with E-state index in [1.807, 2.05) is 35.2 Å². The maximum absolute atomic E-state index is 8.00. The fourth-order valence-electron chi connectivity index (χ4n) is 1.35. The lowest BCUT2D eigenvalue weighted by atomic mass is 9.76. The molecule has 3 nitrogen and oxygen atoms in total. The summed E-state index contributed by atoms with van der Waals surface area (Å²) < 4.78 is 5.75. The minimum absolute atomic E-state index is 0.303. The van der Waals surface area contributed by atoms with Crippen LogP contribution < -0.4 is 5.73 Å². The van der Waals surface area contributed by atoms with E-state index in [4.69, 9.17) is 15.5 Å². The molecule has 0 saturated heterocycles. The fourth-order valence-corrected chi connectivity index (χ4v) is 1.35. The topological polar surface area (TPSA) is 58.1 Å². The molecule has 0 aromatic heterocycles. The zero-order valence-corrected chi connectivity index (χ0v) is 10.8. The molecule has 0 aromatic carbocycles. The van der Waals surface area contributed by atoms with E-state index in [1.165, 1.54) is 5.47 Å².